The van der Waals surface area contributed by atoms with Crippen molar-refractivity contribution in [2.75, 3.05) is 0 Å². The molecule has 0 saturated carbocycles. The van der Waals surface area contributed by atoms with Crippen LogP contribution >= 0.6 is 0 Å². The maximum atomic E-state index is 13.7. The van der Waals surface area contributed by atoms with Crippen LogP contribution < -0.4 is 21.7 Å². The zero-order valence-electron chi connectivity index (χ0n) is 24.8. The van der Waals surface area contributed by atoms with Gasteiger partial charge in [0.25, 0.3) is 0 Å². The highest BCUT2D eigenvalue weighted by molar-refractivity contribution is 5.94. The van der Waals surface area contributed by atoms with Gasteiger partial charge in [-0.2, -0.15) is 0 Å². The van der Waals surface area contributed by atoms with E-state index in [1.807, 2.05) is 25.1 Å². The van der Waals surface area contributed by atoms with Crippen LogP contribution in [-0.2, 0) is 38.4 Å². The van der Waals surface area contributed by atoms with Crippen LogP contribution in [0.15, 0.2) is 78.9 Å². The Kier molecular flexibility index (Phi) is 12.3. The van der Waals surface area contributed by atoms with E-state index < -0.39 is 47.9 Å². The maximum absolute atomic E-state index is 13.7. The largest absolute Gasteiger partial charge is 0.508 e. The number of nitrogens with two attached hydrogens (primary N) is 1. The second-order valence-corrected chi connectivity index (χ2v) is 10.9. The fraction of sp³-hybridized carbons (Fsp3) is 0.333. The first-order valence-electron chi connectivity index (χ1n) is 14.5. The third-order valence-corrected chi connectivity index (χ3v) is 7.43. The van der Waals surface area contributed by atoms with Crippen molar-refractivity contribution < 1.29 is 34.5 Å². The van der Waals surface area contributed by atoms with E-state index in [-0.39, 0.29) is 36.7 Å². The van der Waals surface area contributed by atoms with Gasteiger partial charge in [0.1, 0.15) is 29.6 Å². The lowest BCUT2D eigenvalue weighted by Gasteiger charge is -2.28. The van der Waals surface area contributed by atoms with Crippen molar-refractivity contribution in [1.82, 2.24) is 16.0 Å². The van der Waals surface area contributed by atoms with Gasteiger partial charge in [-0.15, -0.1) is 0 Å². The Labute approximate surface area is 256 Å². The fourth-order valence-electron chi connectivity index (χ4n) is 4.60. The quantitative estimate of drug-likeness (QED) is 0.137. The Hall–Kier alpha value is -4.90. The average Bonchev–Trinajstić information content (AvgIpc) is 3.01. The monoisotopic (exact) mass is 604 g/mol. The van der Waals surface area contributed by atoms with E-state index in [4.69, 9.17) is 5.73 Å². The summed E-state index contributed by atoms with van der Waals surface area (Å²) in [5.41, 5.74) is 8.25. The minimum atomic E-state index is -1.28. The molecule has 0 aliphatic carbocycles. The number of aromatic hydroxyl groups is 2. The van der Waals surface area contributed by atoms with E-state index in [9.17, 15) is 34.5 Å². The van der Waals surface area contributed by atoms with Gasteiger partial charge in [-0.25, -0.2) is 4.79 Å². The molecule has 3 amide bonds. The van der Waals surface area contributed by atoms with Gasteiger partial charge in [0.05, 0.1) is 6.04 Å². The topological polar surface area (TPSA) is 191 Å². The summed E-state index contributed by atoms with van der Waals surface area (Å²) < 4.78 is 0. The van der Waals surface area contributed by atoms with Gasteiger partial charge in [-0.1, -0.05) is 74.9 Å². The van der Waals surface area contributed by atoms with Crippen molar-refractivity contribution in [3.8, 4) is 11.5 Å². The zero-order chi connectivity index (χ0) is 32.2. The first-order chi connectivity index (χ1) is 21.0. The van der Waals surface area contributed by atoms with Crippen LogP contribution in [0.4, 0.5) is 0 Å². The number of aliphatic carboxylic acids is 1. The molecule has 11 heteroatoms. The highest BCUT2D eigenvalue weighted by Gasteiger charge is 2.33. The van der Waals surface area contributed by atoms with Crippen LogP contribution in [0.25, 0.3) is 0 Å². The van der Waals surface area contributed by atoms with E-state index >= 15 is 0 Å². The summed E-state index contributed by atoms with van der Waals surface area (Å²) >= 11 is 0. The van der Waals surface area contributed by atoms with Gasteiger partial charge in [-0.05, 0) is 53.3 Å². The van der Waals surface area contributed by atoms with Crippen molar-refractivity contribution in [3.63, 3.8) is 0 Å². The predicted octanol–water partition coefficient (Wildman–Crippen LogP) is 2.04. The number of carboxylic acids is 1. The predicted molar refractivity (Wildman–Crippen MR) is 165 cm³/mol. The number of hydrogen-bond acceptors (Lipinski definition) is 7. The molecule has 0 bridgehead atoms. The lowest BCUT2D eigenvalue weighted by molar-refractivity contribution is -0.142. The Morgan fingerprint density at radius 1 is 0.659 bits per heavy atom. The number of carbonyl (C=O) groups is 4. The molecule has 8 N–H and O–H groups in total. The third-order valence-electron chi connectivity index (χ3n) is 7.43. The Morgan fingerprint density at radius 2 is 1.14 bits per heavy atom. The van der Waals surface area contributed by atoms with Gasteiger partial charge in [0.2, 0.25) is 17.7 Å². The molecule has 0 aliphatic heterocycles. The van der Waals surface area contributed by atoms with E-state index in [2.05, 4.69) is 16.0 Å². The lowest BCUT2D eigenvalue weighted by Crippen LogP contribution is -2.59. The minimum absolute atomic E-state index is 0.0302. The number of hydrogen-bond donors (Lipinski definition) is 7. The standard InChI is InChI=1S/C33H40N4O7/c1-3-20(2)29(32(42)36-28(33(43)44)19-23-11-15-25(39)16-12-23)37-31(41)27(18-21-7-5-4-6-8-21)35-30(40)26(34)17-22-9-13-24(38)14-10-22/h4-16,20,26-29,38-39H,3,17-19,34H2,1-2H3,(H,35,40)(H,36,42)(H,37,41)(H,43,44). The van der Waals surface area contributed by atoms with Crippen molar-refractivity contribution >= 4 is 23.7 Å². The molecule has 5 unspecified atom stereocenters. The molecule has 11 nitrogen and oxygen atoms in total. The van der Waals surface area contributed by atoms with Crippen LogP contribution in [0.2, 0.25) is 0 Å². The normalized spacial score (nSPS) is 14.3. The summed E-state index contributed by atoms with van der Waals surface area (Å²) in [5, 5.41) is 36.8. The Bertz CT molecular complexity index is 1400. The van der Waals surface area contributed by atoms with E-state index in [1.54, 1.807) is 43.3 Å². The molecule has 0 spiro atoms. The minimum Gasteiger partial charge on any atom is -0.508 e. The number of phenols is 2. The molecule has 0 heterocycles. The first-order valence-corrected chi connectivity index (χ1v) is 14.5. The van der Waals surface area contributed by atoms with E-state index in [1.165, 1.54) is 24.3 Å². The second-order valence-electron chi connectivity index (χ2n) is 10.9. The number of rotatable bonds is 15. The van der Waals surface area contributed by atoms with Gasteiger partial charge in [0.15, 0.2) is 0 Å². The number of phenolic OH excluding ortho intramolecular Hbond substituents is 2. The van der Waals surface area contributed by atoms with E-state index in [0.29, 0.717) is 12.0 Å². The number of benzene rings is 3. The zero-order valence-corrected chi connectivity index (χ0v) is 24.8. The SMILES string of the molecule is CCC(C)C(NC(=O)C(Cc1ccccc1)NC(=O)C(N)Cc1ccc(O)cc1)C(=O)NC(Cc1ccc(O)cc1)C(=O)O. The molecule has 44 heavy (non-hydrogen) atoms. The van der Waals surface area contributed by atoms with Crippen molar-refractivity contribution in [2.45, 2.75) is 63.7 Å². The summed E-state index contributed by atoms with van der Waals surface area (Å²) in [6, 6.07) is 16.9. The summed E-state index contributed by atoms with van der Waals surface area (Å²) in [5.74, 6) is -3.37. The van der Waals surface area contributed by atoms with Crippen LogP contribution in [0.1, 0.15) is 37.0 Å². The second kappa shape index (κ2) is 16.1. The molecule has 234 valence electrons. The van der Waals surface area contributed by atoms with Crippen LogP contribution in [0.5, 0.6) is 11.5 Å². The first kappa shape index (κ1) is 33.6. The van der Waals surface area contributed by atoms with Crippen LogP contribution in [0.3, 0.4) is 0 Å². The van der Waals surface area contributed by atoms with Gasteiger partial charge in [-0.3, -0.25) is 14.4 Å². The summed E-state index contributed by atoms with van der Waals surface area (Å²) in [6.45, 7) is 3.60. The van der Waals surface area contributed by atoms with Crippen LogP contribution in [0, 0.1) is 5.92 Å². The molecule has 3 aromatic rings. The molecular formula is C33H40N4O7. The molecule has 0 aliphatic rings. The Morgan fingerprint density at radius 3 is 1.66 bits per heavy atom. The van der Waals surface area contributed by atoms with Crippen LogP contribution in [-0.4, -0.2) is 63.2 Å². The lowest BCUT2D eigenvalue weighted by atomic mass is 9.96. The van der Waals surface area contributed by atoms with Crippen molar-refractivity contribution in [1.29, 1.82) is 0 Å². The average molecular weight is 605 g/mol. The molecule has 0 aromatic heterocycles. The smallest absolute Gasteiger partial charge is 0.326 e. The Balaban J connectivity index is 1.77. The van der Waals surface area contributed by atoms with Gasteiger partial charge in [0, 0.05) is 12.8 Å². The summed E-state index contributed by atoms with van der Waals surface area (Å²) in [4.78, 5) is 52.2. The summed E-state index contributed by atoms with van der Waals surface area (Å²) in [7, 11) is 0. The van der Waals surface area contributed by atoms with E-state index in [0.717, 1.165) is 11.1 Å². The molecule has 5 atom stereocenters. The highest BCUT2D eigenvalue weighted by atomic mass is 16.4. The summed E-state index contributed by atoms with van der Waals surface area (Å²) in [6.07, 6.45) is 0.758. The molecule has 0 fully saturated rings. The number of amides is 3. The number of carboxylic acid groups (broad SMARTS) is 1. The van der Waals surface area contributed by atoms with Gasteiger partial charge >= 0.3 is 5.97 Å². The molecule has 3 rings (SSSR count). The highest BCUT2D eigenvalue weighted by Crippen LogP contribution is 2.15. The molecule has 0 radical (unpaired) electrons. The maximum Gasteiger partial charge on any atom is 0.326 e. The fourth-order valence-corrected chi connectivity index (χ4v) is 4.60. The van der Waals surface area contributed by atoms with Gasteiger partial charge < -0.3 is 37.0 Å². The molecule has 0 saturated heterocycles. The van der Waals surface area contributed by atoms with Crippen molar-refractivity contribution in [3.05, 3.63) is 95.6 Å². The third kappa shape index (κ3) is 10.1. The number of carbonyl (C=O) groups excluding carboxylic acids is 3. The van der Waals surface area contributed by atoms with Crippen molar-refractivity contribution in [2.24, 2.45) is 11.7 Å². The molecule has 3 aromatic carbocycles. The molecular weight excluding hydrogens is 564 g/mol. The number of nitrogens with one attached hydrogen (secondary N) is 3.